The summed E-state index contributed by atoms with van der Waals surface area (Å²) in [7, 11) is 0. The zero-order chi connectivity index (χ0) is 24.6. The molecule has 0 radical (unpaired) electrons. The molecule has 1 spiro atoms. The summed E-state index contributed by atoms with van der Waals surface area (Å²) in [6, 6.07) is 7.86. The number of H-pyrrole nitrogens is 1. The van der Waals surface area contributed by atoms with E-state index in [4.69, 9.17) is 5.11 Å². The molecule has 3 aromatic rings. The monoisotopic (exact) mass is 488 g/mol. The first-order chi connectivity index (χ1) is 16.7. The fourth-order valence-corrected chi connectivity index (χ4v) is 5.49. The summed E-state index contributed by atoms with van der Waals surface area (Å²) in [5.74, 6) is 0.733. The molecule has 0 atom stereocenters. The Balaban J connectivity index is 1.21. The van der Waals surface area contributed by atoms with E-state index in [-0.39, 0.29) is 12.2 Å². The molecule has 2 fully saturated rings. The van der Waals surface area contributed by atoms with E-state index in [0.29, 0.717) is 28.2 Å². The maximum absolute atomic E-state index is 12.5. The van der Waals surface area contributed by atoms with Crippen LogP contribution >= 0.6 is 0 Å². The van der Waals surface area contributed by atoms with Gasteiger partial charge in [0.2, 0.25) is 0 Å². The van der Waals surface area contributed by atoms with Crippen LogP contribution in [-0.2, 0) is 4.79 Å². The molecule has 0 amide bonds. The van der Waals surface area contributed by atoms with E-state index in [1.165, 1.54) is 18.2 Å². The summed E-state index contributed by atoms with van der Waals surface area (Å²) in [6.45, 7) is 1.84. The van der Waals surface area contributed by atoms with Crippen LogP contribution in [0.2, 0.25) is 0 Å². The molecule has 2 aromatic heterocycles. The molecule has 1 aromatic carbocycles. The smallest absolute Gasteiger partial charge is 0.481 e. The average Bonchev–Trinajstić information content (AvgIpc) is 3.24. The normalized spacial score (nSPS) is 18.8. The van der Waals surface area contributed by atoms with Crippen LogP contribution in [0.4, 0.5) is 19.0 Å². The number of halogens is 3. The Morgan fingerprint density at radius 1 is 1.14 bits per heavy atom. The molecule has 1 saturated carbocycles. The largest absolute Gasteiger partial charge is 0.573 e. The third-order valence-corrected chi connectivity index (χ3v) is 7.49. The van der Waals surface area contributed by atoms with Crippen LogP contribution in [0.3, 0.4) is 0 Å². The van der Waals surface area contributed by atoms with E-state index in [9.17, 15) is 18.0 Å². The first kappa shape index (κ1) is 23.4. The van der Waals surface area contributed by atoms with E-state index in [2.05, 4.69) is 24.6 Å². The number of benzene rings is 1. The minimum absolute atomic E-state index is 0.284. The number of rotatable bonds is 5. The van der Waals surface area contributed by atoms with Gasteiger partial charge in [-0.25, -0.2) is 9.97 Å². The third kappa shape index (κ3) is 5.36. The van der Waals surface area contributed by atoms with Crippen molar-refractivity contribution in [3.8, 4) is 17.1 Å². The molecule has 7 nitrogen and oxygen atoms in total. The van der Waals surface area contributed by atoms with E-state index in [0.717, 1.165) is 63.0 Å². The van der Waals surface area contributed by atoms with E-state index in [1.807, 2.05) is 12.1 Å². The molecular weight excluding hydrogens is 461 g/mol. The van der Waals surface area contributed by atoms with Gasteiger partial charge in [-0.1, -0.05) is 0 Å². The molecule has 2 aliphatic rings. The second kappa shape index (κ2) is 9.05. The van der Waals surface area contributed by atoms with Crippen molar-refractivity contribution in [1.82, 2.24) is 15.0 Å². The summed E-state index contributed by atoms with van der Waals surface area (Å²) in [5.41, 5.74) is 2.06. The van der Waals surface area contributed by atoms with Crippen molar-refractivity contribution in [2.75, 3.05) is 18.0 Å². The number of aromatic amines is 1. The first-order valence-corrected chi connectivity index (χ1v) is 11.9. The zero-order valence-corrected chi connectivity index (χ0v) is 19.1. The Morgan fingerprint density at radius 3 is 2.51 bits per heavy atom. The summed E-state index contributed by atoms with van der Waals surface area (Å²) >= 11 is 0. The van der Waals surface area contributed by atoms with Crippen LogP contribution in [0.25, 0.3) is 22.4 Å². The van der Waals surface area contributed by atoms with Crippen LogP contribution in [0.5, 0.6) is 5.75 Å². The van der Waals surface area contributed by atoms with Crippen LogP contribution < -0.4 is 9.64 Å². The highest BCUT2D eigenvalue weighted by Gasteiger charge is 2.38. The summed E-state index contributed by atoms with van der Waals surface area (Å²) in [4.78, 5) is 25.4. The SMILES string of the molecule is O=C(O)CC1CCC2(CC1)CCN(c1ccc(-c3nc4ccc(OC(F)(F)F)cc4[nH]3)cn1)CC2. The van der Waals surface area contributed by atoms with Crippen LogP contribution in [0, 0.1) is 11.3 Å². The molecule has 3 heterocycles. The molecule has 0 bridgehead atoms. The Hall–Kier alpha value is -3.30. The minimum Gasteiger partial charge on any atom is -0.481 e. The number of anilines is 1. The van der Waals surface area contributed by atoms with Crippen LogP contribution in [-0.4, -0.2) is 45.5 Å². The standard InChI is InChI=1S/C25H27F3N4O3/c26-25(27,28)35-18-2-3-19-20(14-18)31-23(30-19)17-1-4-21(29-15-17)32-11-9-24(10-12-32)7-5-16(6-8-24)13-22(33)34/h1-4,14-16H,5-13H2,(H,30,31)(H,33,34). The number of fused-ring (bicyclic) bond motifs is 1. The van der Waals surface area contributed by atoms with Gasteiger partial charge in [0.25, 0.3) is 0 Å². The summed E-state index contributed by atoms with van der Waals surface area (Å²) in [5, 5.41) is 9.04. The molecular formula is C25H27F3N4O3. The number of carbonyl (C=O) groups is 1. The Labute approximate surface area is 200 Å². The number of carboxylic acids is 1. The van der Waals surface area contributed by atoms with Gasteiger partial charge in [0.15, 0.2) is 0 Å². The summed E-state index contributed by atoms with van der Waals surface area (Å²) < 4.78 is 41.4. The number of hydrogen-bond donors (Lipinski definition) is 2. The fourth-order valence-electron chi connectivity index (χ4n) is 5.49. The Kier molecular flexibility index (Phi) is 6.06. The quantitative estimate of drug-likeness (QED) is 0.474. The highest BCUT2D eigenvalue weighted by atomic mass is 19.4. The van der Waals surface area contributed by atoms with Gasteiger partial charge in [-0.3, -0.25) is 4.79 Å². The van der Waals surface area contributed by atoms with Crippen molar-refractivity contribution in [1.29, 1.82) is 0 Å². The number of imidazole rings is 1. The predicted molar refractivity (Wildman–Crippen MR) is 124 cm³/mol. The lowest BCUT2D eigenvalue weighted by Gasteiger charge is -2.46. The second-order valence-corrected chi connectivity index (χ2v) is 9.75. The number of piperidine rings is 1. The van der Waals surface area contributed by atoms with Gasteiger partial charge in [0.05, 0.1) is 11.0 Å². The number of nitrogens with zero attached hydrogens (tertiary/aromatic N) is 3. The molecule has 2 N–H and O–H groups in total. The van der Waals surface area contributed by atoms with Crippen molar-refractivity contribution >= 4 is 22.8 Å². The van der Waals surface area contributed by atoms with Crippen molar-refractivity contribution in [2.45, 2.75) is 51.3 Å². The topological polar surface area (TPSA) is 91.3 Å². The molecule has 5 rings (SSSR count). The Morgan fingerprint density at radius 2 is 1.89 bits per heavy atom. The van der Waals surface area contributed by atoms with E-state index >= 15 is 0 Å². The first-order valence-electron chi connectivity index (χ1n) is 11.9. The van der Waals surface area contributed by atoms with Gasteiger partial charge in [-0.2, -0.15) is 0 Å². The molecule has 1 aliphatic heterocycles. The molecule has 1 saturated heterocycles. The Bertz CT molecular complexity index is 1190. The maximum atomic E-state index is 12.5. The zero-order valence-electron chi connectivity index (χ0n) is 19.1. The second-order valence-electron chi connectivity index (χ2n) is 9.75. The van der Waals surface area contributed by atoms with Gasteiger partial charge >= 0.3 is 12.3 Å². The van der Waals surface area contributed by atoms with E-state index in [1.54, 1.807) is 6.20 Å². The molecule has 10 heteroatoms. The number of hydrogen-bond acceptors (Lipinski definition) is 5. The minimum atomic E-state index is -4.75. The van der Waals surface area contributed by atoms with Gasteiger partial charge < -0.3 is 19.7 Å². The lowest BCUT2D eigenvalue weighted by atomic mass is 9.65. The fraction of sp³-hybridized carbons (Fsp3) is 0.480. The highest BCUT2D eigenvalue weighted by Crippen LogP contribution is 2.47. The van der Waals surface area contributed by atoms with Crippen LogP contribution in [0.1, 0.15) is 44.9 Å². The van der Waals surface area contributed by atoms with Crippen molar-refractivity contribution in [2.24, 2.45) is 11.3 Å². The molecule has 35 heavy (non-hydrogen) atoms. The van der Waals surface area contributed by atoms with Gasteiger partial charge in [-0.15, -0.1) is 13.2 Å². The van der Waals surface area contributed by atoms with Crippen LogP contribution in [0.15, 0.2) is 36.5 Å². The molecule has 186 valence electrons. The number of pyridine rings is 1. The van der Waals surface area contributed by atoms with E-state index < -0.39 is 12.3 Å². The maximum Gasteiger partial charge on any atom is 0.573 e. The lowest BCUT2D eigenvalue weighted by Crippen LogP contribution is -2.42. The average molecular weight is 489 g/mol. The third-order valence-electron chi connectivity index (χ3n) is 7.49. The lowest BCUT2D eigenvalue weighted by molar-refractivity contribution is -0.274. The van der Waals surface area contributed by atoms with Crippen molar-refractivity contribution < 1.29 is 27.8 Å². The molecule has 0 unspecified atom stereocenters. The van der Waals surface area contributed by atoms with Gasteiger partial charge in [-0.05, 0) is 74.1 Å². The van der Waals surface area contributed by atoms with Gasteiger partial charge in [0.1, 0.15) is 17.4 Å². The van der Waals surface area contributed by atoms with Gasteiger partial charge in [0, 0.05) is 37.3 Å². The number of ether oxygens (including phenoxy) is 1. The number of nitrogens with one attached hydrogen (secondary N) is 1. The number of carboxylic acid groups (broad SMARTS) is 1. The van der Waals surface area contributed by atoms with Crippen molar-refractivity contribution in [3.05, 3.63) is 36.5 Å². The highest BCUT2D eigenvalue weighted by molar-refractivity contribution is 5.80. The molecule has 1 aliphatic carbocycles. The number of aromatic nitrogens is 3. The predicted octanol–water partition coefficient (Wildman–Crippen LogP) is 5.78. The number of aliphatic carboxylic acids is 1. The van der Waals surface area contributed by atoms with Crippen molar-refractivity contribution in [3.63, 3.8) is 0 Å². The number of alkyl halides is 3. The summed E-state index contributed by atoms with van der Waals surface area (Å²) in [6.07, 6.45) is 3.64.